The fraction of sp³-hybridized carbons (Fsp3) is 0.0455. The molecule has 3 heterocycles. The highest BCUT2D eigenvalue weighted by Crippen LogP contribution is 2.30. The maximum atomic E-state index is 13.2. The van der Waals surface area contributed by atoms with Crippen LogP contribution in [0.2, 0.25) is 5.02 Å². The van der Waals surface area contributed by atoms with Crippen molar-refractivity contribution in [3.8, 4) is 22.5 Å². The van der Waals surface area contributed by atoms with Crippen LogP contribution in [0.4, 0.5) is 0 Å². The first-order chi connectivity index (χ1) is 14.2. The summed E-state index contributed by atoms with van der Waals surface area (Å²) in [5.74, 6) is 1.03. The molecule has 0 amide bonds. The summed E-state index contributed by atoms with van der Waals surface area (Å²) in [5.41, 5.74) is 2.61. The Hall–Kier alpha value is -3.22. The summed E-state index contributed by atoms with van der Waals surface area (Å²) in [6.07, 6.45) is 3.18. The van der Waals surface area contributed by atoms with Crippen molar-refractivity contribution in [3.05, 3.63) is 93.8 Å². The number of benzene rings is 2. The van der Waals surface area contributed by atoms with E-state index < -0.39 is 0 Å². The first kappa shape index (κ1) is 17.8. The summed E-state index contributed by atoms with van der Waals surface area (Å²) in [4.78, 5) is 22.6. The third-order valence-electron chi connectivity index (χ3n) is 4.61. The van der Waals surface area contributed by atoms with Crippen molar-refractivity contribution in [2.24, 2.45) is 0 Å². The second-order valence-corrected chi connectivity index (χ2v) is 7.80. The molecule has 0 bridgehead atoms. The van der Waals surface area contributed by atoms with E-state index in [1.54, 1.807) is 18.6 Å². The topological polar surface area (TPSA) is 60.9 Å². The van der Waals surface area contributed by atoms with Crippen molar-refractivity contribution in [3.63, 3.8) is 0 Å². The van der Waals surface area contributed by atoms with E-state index in [1.165, 1.54) is 15.9 Å². The Morgan fingerprint density at radius 2 is 1.86 bits per heavy atom. The predicted octanol–water partition coefficient (Wildman–Crippen LogP) is 5.48. The van der Waals surface area contributed by atoms with Gasteiger partial charge in [0.1, 0.15) is 11.4 Å². The van der Waals surface area contributed by atoms with Crippen LogP contribution in [0.1, 0.15) is 5.89 Å². The molecule has 0 fully saturated rings. The highest BCUT2D eigenvalue weighted by atomic mass is 35.5. The number of hydrogen-bond acceptors (Lipinski definition) is 5. The van der Waals surface area contributed by atoms with Crippen molar-refractivity contribution < 1.29 is 4.42 Å². The minimum Gasteiger partial charge on any atom is -0.439 e. The normalized spacial score (nSPS) is 11.2. The molecule has 5 rings (SSSR count). The minimum atomic E-state index is -0.113. The lowest BCUT2D eigenvalue weighted by atomic mass is 10.1. The molecular weight excluding hydrogens is 406 g/mol. The van der Waals surface area contributed by atoms with Gasteiger partial charge in [-0.1, -0.05) is 54.1 Å². The molecule has 2 aromatic carbocycles. The lowest BCUT2D eigenvalue weighted by Crippen LogP contribution is -2.21. The Morgan fingerprint density at radius 3 is 2.69 bits per heavy atom. The third-order valence-corrected chi connectivity index (χ3v) is 5.74. The molecule has 7 heteroatoms. The molecule has 5 nitrogen and oxygen atoms in total. The van der Waals surface area contributed by atoms with Crippen molar-refractivity contribution in [1.82, 2.24) is 14.5 Å². The molecule has 0 aliphatic carbocycles. The van der Waals surface area contributed by atoms with Crippen molar-refractivity contribution in [2.45, 2.75) is 6.54 Å². The van der Waals surface area contributed by atoms with Crippen molar-refractivity contribution in [2.75, 3.05) is 0 Å². The monoisotopic (exact) mass is 419 g/mol. The Bertz CT molecular complexity index is 1370. The molecule has 3 aromatic heterocycles. The molecule has 142 valence electrons. The first-order valence-electron chi connectivity index (χ1n) is 8.92. The molecular formula is C22H14ClN3O2S. The van der Waals surface area contributed by atoms with E-state index in [2.05, 4.69) is 9.97 Å². The van der Waals surface area contributed by atoms with Crippen molar-refractivity contribution in [1.29, 1.82) is 0 Å². The molecule has 0 radical (unpaired) electrons. The summed E-state index contributed by atoms with van der Waals surface area (Å²) in [6.45, 7) is 0.201. The average molecular weight is 420 g/mol. The van der Waals surface area contributed by atoms with Crippen LogP contribution in [0.5, 0.6) is 0 Å². The molecule has 0 saturated heterocycles. The summed E-state index contributed by atoms with van der Waals surface area (Å²) in [5, 5.41) is 3.21. The number of hydrogen-bond donors (Lipinski definition) is 0. The quantitative estimate of drug-likeness (QED) is 0.387. The van der Waals surface area contributed by atoms with Crippen LogP contribution in [-0.4, -0.2) is 14.5 Å². The molecule has 0 atom stereocenters. The fourth-order valence-electron chi connectivity index (χ4n) is 3.21. The largest absolute Gasteiger partial charge is 0.439 e. The van der Waals surface area contributed by atoms with Crippen molar-refractivity contribution >= 4 is 33.2 Å². The minimum absolute atomic E-state index is 0.113. The maximum Gasteiger partial charge on any atom is 0.263 e. The Balaban J connectivity index is 1.52. The number of nitrogens with zero attached hydrogens (tertiary/aromatic N) is 3. The van der Waals surface area contributed by atoms with Gasteiger partial charge in [-0.15, -0.1) is 11.3 Å². The SMILES string of the molecule is O=c1c2c(-c3ccccc3)csc2ncn1Cc1ncc(-c2cccc(Cl)c2)o1. The highest BCUT2D eigenvalue weighted by Gasteiger charge is 2.15. The number of rotatable bonds is 4. The van der Waals surface area contributed by atoms with Crippen LogP contribution >= 0.6 is 22.9 Å². The number of thiophene rings is 1. The molecule has 29 heavy (non-hydrogen) atoms. The van der Waals surface area contributed by atoms with Gasteiger partial charge >= 0.3 is 0 Å². The lowest BCUT2D eigenvalue weighted by Gasteiger charge is -2.04. The van der Waals surface area contributed by atoms with Gasteiger partial charge in [0, 0.05) is 21.5 Å². The summed E-state index contributed by atoms with van der Waals surface area (Å²) in [6, 6.07) is 17.2. The zero-order chi connectivity index (χ0) is 19.8. The number of oxazole rings is 1. The lowest BCUT2D eigenvalue weighted by molar-refractivity contribution is 0.484. The predicted molar refractivity (Wildman–Crippen MR) is 115 cm³/mol. The van der Waals surface area contributed by atoms with Gasteiger partial charge in [-0.2, -0.15) is 0 Å². The maximum absolute atomic E-state index is 13.2. The van der Waals surface area contributed by atoms with E-state index in [4.69, 9.17) is 16.0 Å². The van der Waals surface area contributed by atoms with E-state index in [0.29, 0.717) is 22.1 Å². The Labute approximate surface area is 174 Å². The standard InChI is InChI=1S/C22H14ClN3O2S/c23-16-8-4-7-15(9-16)18-10-24-19(28-18)11-26-13-25-21-20(22(26)27)17(12-29-21)14-5-2-1-3-6-14/h1-10,12-13H,11H2. The summed E-state index contributed by atoms with van der Waals surface area (Å²) < 4.78 is 7.36. The molecule has 5 aromatic rings. The molecule has 0 N–H and O–H groups in total. The first-order valence-corrected chi connectivity index (χ1v) is 10.2. The number of halogens is 1. The molecule has 0 aliphatic heterocycles. The van der Waals surface area contributed by atoms with E-state index in [-0.39, 0.29) is 12.1 Å². The van der Waals surface area contributed by atoms with Gasteiger partial charge < -0.3 is 4.42 Å². The van der Waals surface area contributed by atoms with Gasteiger partial charge in [0.25, 0.3) is 5.56 Å². The molecule has 0 unspecified atom stereocenters. The second kappa shape index (κ2) is 7.31. The van der Waals surface area contributed by atoms with E-state index >= 15 is 0 Å². The van der Waals surface area contributed by atoms with Crippen LogP contribution < -0.4 is 5.56 Å². The van der Waals surface area contributed by atoms with E-state index in [9.17, 15) is 4.79 Å². The molecule has 0 spiro atoms. The van der Waals surface area contributed by atoms with E-state index in [0.717, 1.165) is 21.5 Å². The zero-order valence-corrected chi connectivity index (χ0v) is 16.7. The van der Waals surface area contributed by atoms with Gasteiger partial charge in [0.2, 0.25) is 5.89 Å². The molecule has 0 aliphatic rings. The Kier molecular flexibility index (Phi) is 4.50. The van der Waals surface area contributed by atoms with E-state index in [1.807, 2.05) is 53.9 Å². The van der Waals surface area contributed by atoms with Gasteiger partial charge in [0.15, 0.2) is 5.76 Å². The molecule has 0 saturated carbocycles. The summed E-state index contributed by atoms with van der Waals surface area (Å²) in [7, 11) is 0. The second-order valence-electron chi connectivity index (χ2n) is 6.50. The van der Waals surface area contributed by atoms with Crippen LogP contribution in [0.3, 0.4) is 0 Å². The van der Waals surface area contributed by atoms with Gasteiger partial charge in [-0.25, -0.2) is 9.97 Å². The van der Waals surface area contributed by atoms with Crippen LogP contribution in [-0.2, 0) is 6.54 Å². The zero-order valence-electron chi connectivity index (χ0n) is 15.1. The Morgan fingerprint density at radius 1 is 1.03 bits per heavy atom. The van der Waals surface area contributed by atoms with Crippen LogP contribution in [0.15, 0.2) is 81.7 Å². The summed E-state index contributed by atoms with van der Waals surface area (Å²) >= 11 is 7.51. The third kappa shape index (κ3) is 3.37. The van der Waals surface area contributed by atoms with Gasteiger partial charge in [0.05, 0.1) is 17.9 Å². The number of fused-ring (bicyclic) bond motifs is 1. The van der Waals surface area contributed by atoms with Gasteiger partial charge in [-0.3, -0.25) is 9.36 Å². The number of aromatic nitrogens is 3. The van der Waals surface area contributed by atoms with Gasteiger partial charge in [-0.05, 0) is 17.7 Å². The van der Waals surface area contributed by atoms with Crippen LogP contribution in [0, 0.1) is 0 Å². The highest BCUT2D eigenvalue weighted by molar-refractivity contribution is 7.17. The van der Waals surface area contributed by atoms with Crippen LogP contribution in [0.25, 0.3) is 32.7 Å². The smallest absolute Gasteiger partial charge is 0.263 e. The average Bonchev–Trinajstić information content (AvgIpc) is 3.38. The fourth-order valence-corrected chi connectivity index (χ4v) is 4.31.